The van der Waals surface area contributed by atoms with Gasteiger partial charge in [-0.05, 0) is 51.7 Å². The number of carbonyl (C=O) groups excluding carboxylic acids is 1. The molecule has 0 bridgehead atoms. The summed E-state index contributed by atoms with van der Waals surface area (Å²) in [5.41, 5.74) is 0. The second kappa shape index (κ2) is 7.67. The normalized spacial score (nSPS) is 23.6. The van der Waals surface area contributed by atoms with Crippen LogP contribution in [0.15, 0.2) is 0 Å². The van der Waals surface area contributed by atoms with Crippen molar-refractivity contribution in [3.8, 4) is 0 Å². The van der Waals surface area contributed by atoms with Gasteiger partial charge in [0.05, 0.1) is 7.11 Å². The van der Waals surface area contributed by atoms with Crippen molar-refractivity contribution in [1.82, 2.24) is 9.96 Å². The van der Waals surface area contributed by atoms with Gasteiger partial charge in [0.2, 0.25) is 5.91 Å². The number of rotatable bonds is 3. The zero-order valence-corrected chi connectivity index (χ0v) is 11.4. The maximum Gasteiger partial charge on any atom is 0.246 e. The Labute approximate surface area is 105 Å². The molecule has 0 unspecified atom stereocenters. The first-order chi connectivity index (χ1) is 8.13. The first-order valence-electron chi connectivity index (χ1n) is 6.62. The molecule has 0 aromatic rings. The number of hydroxylamine groups is 2. The zero-order chi connectivity index (χ0) is 12.7. The molecule has 0 aliphatic carbocycles. The maximum absolute atomic E-state index is 11.8. The molecule has 1 fully saturated rings. The van der Waals surface area contributed by atoms with E-state index in [4.69, 9.17) is 4.84 Å². The molecule has 1 saturated heterocycles. The third-order valence-electron chi connectivity index (χ3n) is 3.64. The van der Waals surface area contributed by atoms with Crippen molar-refractivity contribution in [2.75, 3.05) is 34.3 Å². The van der Waals surface area contributed by atoms with Crippen molar-refractivity contribution in [2.45, 2.75) is 38.5 Å². The Morgan fingerprint density at radius 1 is 1.29 bits per heavy atom. The summed E-state index contributed by atoms with van der Waals surface area (Å²) in [4.78, 5) is 19.1. The standard InChI is InChI=1S/C13H26N2O2/c1-14-9-5-4-7-12(8-6-10-14)11-13(16)15(2)17-3/h12H,4-11H2,1-3H3/t12-/m1/s1. The number of hydrogen-bond acceptors (Lipinski definition) is 3. The summed E-state index contributed by atoms with van der Waals surface area (Å²) in [5.74, 6) is 0.636. The first kappa shape index (κ1) is 14.5. The van der Waals surface area contributed by atoms with E-state index in [2.05, 4.69) is 11.9 Å². The Balaban J connectivity index is 2.38. The van der Waals surface area contributed by atoms with Crippen molar-refractivity contribution in [1.29, 1.82) is 0 Å². The van der Waals surface area contributed by atoms with E-state index in [-0.39, 0.29) is 5.91 Å². The van der Waals surface area contributed by atoms with Gasteiger partial charge in [-0.1, -0.05) is 6.42 Å². The van der Waals surface area contributed by atoms with Crippen LogP contribution in [0.1, 0.15) is 38.5 Å². The number of hydrogen-bond donors (Lipinski definition) is 0. The molecule has 0 saturated carbocycles. The lowest BCUT2D eigenvalue weighted by molar-refractivity contribution is -0.169. The summed E-state index contributed by atoms with van der Waals surface area (Å²) in [6.07, 6.45) is 6.66. The van der Waals surface area contributed by atoms with Crippen LogP contribution in [-0.4, -0.2) is 50.2 Å². The van der Waals surface area contributed by atoms with Crippen LogP contribution >= 0.6 is 0 Å². The van der Waals surface area contributed by atoms with Gasteiger partial charge in [0.25, 0.3) is 0 Å². The van der Waals surface area contributed by atoms with Gasteiger partial charge >= 0.3 is 0 Å². The molecule has 0 radical (unpaired) electrons. The lowest BCUT2D eigenvalue weighted by Crippen LogP contribution is -2.27. The lowest BCUT2D eigenvalue weighted by atomic mass is 9.93. The van der Waals surface area contributed by atoms with E-state index in [9.17, 15) is 4.79 Å². The third kappa shape index (κ3) is 5.50. The molecule has 1 rings (SSSR count). The van der Waals surface area contributed by atoms with E-state index in [1.165, 1.54) is 44.4 Å². The maximum atomic E-state index is 11.8. The molecule has 1 atom stereocenters. The molecule has 1 heterocycles. The monoisotopic (exact) mass is 242 g/mol. The molecule has 0 spiro atoms. The van der Waals surface area contributed by atoms with Crippen LogP contribution in [0, 0.1) is 5.92 Å². The predicted molar refractivity (Wildman–Crippen MR) is 68.5 cm³/mol. The van der Waals surface area contributed by atoms with Crippen LogP contribution in [-0.2, 0) is 9.63 Å². The van der Waals surface area contributed by atoms with E-state index in [0.717, 1.165) is 13.0 Å². The fourth-order valence-corrected chi connectivity index (χ4v) is 2.40. The molecular formula is C13H26N2O2. The fraction of sp³-hybridized carbons (Fsp3) is 0.923. The van der Waals surface area contributed by atoms with Gasteiger partial charge in [0.1, 0.15) is 0 Å². The van der Waals surface area contributed by atoms with Gasteiger partial charge in [-0.15, -0.1) is 0 Å². The molecule has 1 amide bonds. The van der Waals surface area contributed by atoms with E-state index in [1.807, 2.05) is 0 Å². The Morgan fingerprint density at radius 2 is 1.94 bits per heavy atom. The molecule has 4 nitrogen and oxygen atoms in total. The van der Waals surface area contributed by atoms with E-state index < -0.39 is 0 Å². The van der Waals surface area contributed by atoms with Crippen LogP contribution in [0.25, 0.3) is 0 Å². The lowest BCUT2D eigenvalue weighted by Gasteiger charge is -2.19. The molecular weight excluding hydrogens is 216 g/mol. The summed E-state index contributed by atoms with van der Waals surface area (Å²) in [6, 6.07) is 0. The Bertz CT molecular complexity index is 233. The van der Waals surface area contributed by atoms with Crippen molar-refractivity contribution >= 4 is 5.91 Å². The minimum atomic E-state index is 0.102. The van der Waals surface area contributed by atoms with Crippen LogP contribution < -0.4 is 0 Å². The Morgan fingerprint density at radius 3 is 2.65 bits per heavy atom. The van der Waals surface area contributed by atoms with Gasteiger partial charge < -0.3 is 4.90 Å². The van der Waals surface area contributed by atoms with E-state index in [0.29, 0.717) is 12.3 Å². The summed E-state index contributed by atoms with van der Waals surface area (Å²) in [6.45, 7) is 2.35. The topological polar surface area (TPSA) is 32.8 Å². The molecule has 0 N–H and O–H groups in total. The van der Waals surface area contributed by atoms with Crippen molar-refractivity contribution < 1.29 is 9.63 Å². The average Bonchev–Trinajstić information content (AvgIpc) is 2.41. The SMILES string of the molecule is CON(C)C(=O)C[C@@H]1CCCCN(C)CCC1. The minimum absolute atomic E-state index is 0.102. The van der Waals surface area contributed by atoms with Crippen molar-refractivity contribution in [3.63, 3.8) is 0 Å². The number of amides is 1. The van der Waals surface area contributed by atoms with Crippen molar-refractivity contribution in [3.05, 3.63) is 0 Å². The molecule has 1 aliphatic rings. The zero-order valence-electron chi connectivity index (χ0n) is 11.4. The second-order valence-corrected chi connectivity index (χ2v) is 5.09. The van der Waals surface area contributed by atoms with Gasteiger partial charge in [0, 0.05) is 13.5 Å². The highest BCUT2D eigenvalue weighted by atomic mass is 16.7. The molecule has 0 aromatic carbocycles. The Kier molecular flexibility index (Phi) is 6.52. The summed E-state index contributed by atoms with van der Waals surface area (Å²) in [7, 11) is 5.41. The highest BCUT2D eigenvalue weighted by molar-refractivity contribution is 5.75. The van der Waals surface area contributed by atoms with Crippen molar-refractivity contribution in [2.24, 2.45) is 5.92 Å². The van der Waals surface area contributed by atoms with Crippen LogP contribution in [0.3, 0.4) is 0 Å². The highest BCUT2D eigenvalue weighted by Crippen LogP contribution is 2.21. The largest absolute Gasteiger partial charge is 0.306 e. The van der Waals surface area contributed by atoms with E-state index in [1.54, 1.807) is 7.05 Å². The third-order valence-corrected chi connectivity index (χ3v) is 3.64. The molecule has 1 aliphatic heterocycles. The first-order valence-corrected chi connectivity index (χ1v) is 6.62. The minimum Gasteiger partial charge on any atom is -0.306 e. The quantitative estimate of drug-likeness (QED) is 0.709. The summed E-state index contributed by atoms with van der Waals surface area (Å²) < 4.78 is 0. The average molecular weight is 242 g/mol. The predicted octanol–water partition coefficient (Wildman–Crippen LogP) is 1.91. The molecule has 0 aromatic heterocycles. The molecule has 17 heavy (non-hydrogen) atoms. The van der Waals surface area contributed by atoms with Crippen LogP contribution in [0.2, 0.25) is 0 Å². The molecule has 100 valence electrons. The van der Waals surface area contributed by atoms with E-state index >= 15 is 0 Å². The van der Waals surface area contributed by atoms with Gasteiger partial charge in [0.15, 0.2) is 0 Å². The van der Waals surface area contributed by atoms with Crippen LogP contribution in [0.5, 0.6) is 0 Å². The summed E-state index contributed by atoms with van der Waals surface area (Å²) >= 11 is 0. The second-order valence-electron chi connectivity index (χ2n) is 5.09. The number of carbonyl (C=O) groups is 1. The number of nitrogens with zero attached hydrogens (tertiary/aromatic N) is 2. The molecule has 4 heteroatoms. The van der Waals surface area contributed by atoms with Gasteiger partial charge in [-0.25, -0.2) is 5.06 Å². The van der Waals surface area contributed by atoms with Gasteiger partial charge in [-0.2, -0.15) is 0 Å². The highest BCUT2D eigenvalue weighted by Gasteiger charge is 2.18. The van der Waals surface area contributed by atoms with Crippen LogP contribution in [0.4, 0.5) is 0 Å². The summed E-state index contributed by atoms with van der Waals surface area (Å²) in [5, 5.41) is 1.35. The smallest absolute Gasteiger partial charge is 0.246 e. The van der Waals surface area contributed by atoms with Gasteiger partial charge in [-0.3, -0.25) is 9.63 Å². The Hall–Kier alpha value is -0.610. The fourth-order valence-electron chi connectivity index (χ4n) is 2.40.